The van der Waals surface area contributed by atoms with Crippen molar-refractivity contribution in [2.45, 2.75) is 12.3 Å². The number of anilines is 1. The van der Waals surface area contributed by atoms with Gasteiger partial charge in [0.1, 0.15) is 0 Å². The summed E-state index contributed by atoms with van der Waals surface area (Å²) in [5.74, 6) is 0.530. The van der Waals surface area contributed by atoms with E-state index in [1.807, 2.05) is 18.5 Å². The molecule has 0 aliphatic rings. The highest BCUT2D eigenvalue weighted by atomic mass is 79.9. The average molecular weight is 340 g/mol. The van der Waals surface area contributed by atoms with Crippen LogP contribution in [0.4, 0.5) is 5.69 Å². The van der Waals surface area contributed by atoms with E-state index in [1.165, 1.54) is 11.3 Å². The van der Waals surface area contributed by atoms with Crippen molar-refractivity contribution in [3.63, 3.8) is 0 Å². The summed E-state index contributed by atoms with van der Waals surface area (Å²) in [6.45, 7) is 0.949. The number of hydrogen-bond donors (Lipinski definition) is 0. The first-order valence-electron chi connectivity index (χ1n) is 6.15. The number of nitrogens with zero attached hydrogens (tertiary/aromatic N) is 2. The van der Waals surface area contributed by atoms with E-state index < -0.39 is 0 Å². The van der Waals surface area contributed by atoms with Crippen LogP contribution >= 0.6 is 27.5 Å². The van der Waals surface area contributed by atoms with E-state index in [0.717, 1.165) is 23.0 Å². The zero-order chi connectivity index (χ0) is 13.7. The first-order valence-corrected chi connectivity index (χ1v) is 7.48. The normalized spacial score (nSPS) is 10.5. The Labute approximate surface area is 127 Å². The molecule has 0 N–H and O–H groups in total. The maximum absolute atomic E-state index is 6.00. The van der Waals surface area contributed by atoms with Crippen LogP contribution in [-0.4, -0.2) is 18.6 Å². The number of pyridine rings is 1. The largest absolute Gasteiger partial charge is 0.374 e. The number of alkyl halides is 1. The van der Waals surface area contributed by atoms with Crippen LogP contribution in [0.3, 0.4) is 0 Å². The maximum atomic E-state index is 6.00. The first kappa shape index (κ1) is 14.4. The molecule has 0 unspecified atom stereocenters. The minimum atomic E-state index is 0.530. The highest BCUT2D eigenvalue weighted by molar-refractivity contribution is 9.10. The lowest BCUT2D eigenvalue weighted by Gasteiger charge is -2.22. The molecule has 0 aliphatic carbocycles. The lowest BCUT2D eigenvalue weighted by molar-refractivity contribution is 0.870. The number of benzene rings is 1. The minimum absolute atomic E-state index is 0.530. The number of rotatable bonds is 5. The van der Waals surface area contributed by atoms with E-state index in [9.17, 15) is 0 Å². The van der Waals surface area contributed by atoms with Gasteiger partial charge in [-0.15, -0.1) is 11.6 Å². The van der Waals surface area contributed by atoms with E-state index in [-0.39, 0.29) is 0 Å². The zero-order valence-corrected chi connectivity index (χ0v) is 13.2. The monoisotopic (exact) mass is 338 g/mol. The third-order valence-electron chi connectivity index (χ3n) is 3.09. The molecule has 1 aromatic carbocycles. The molecule has 2 rings (SSSR count). The van der Waals surface area contributed by atoms with Crippen molar-refractivity contribution in [1.82, 2.24) is 4.98 Å². The molecule has 0 amide bonds. The highest BCUT2D eigenvalue weighted by Crippen LogP contribution is 2.25. The summed E-state index contributed by atoms with van der Waals surface area (Å²) in [5.41, 5.74) is 3.63. The molecule has 0 atom stereocenters. The molecule has 0 aliphatic heterocycles. The standard InChI is InChI=1S/C15H16BrClN2/c1-19(9-6-12-4-7-18-8-5-12)15-10-14(16)3-2-13(15)11-17/h2-5,7-8,10H,6,9,11H2,1H3. The van der Waals surface area contributed by atoms with E-state index in [0.29, 0.717) is 5.88 Å². The van der Waals surface area contributed by atoms with Gasteiger partial charge in [-0.1, -0.05) is 22.0 Å². The average Bonchev–Trinajstić information content (AvgIpc) is 2.46. The molecular formula is C15H16BrClN2. The fraction of sp³-hybridized carbons (Fsp3) is 0.267. The van der Waals surface area contributed by atoms with Gasteiger partial charge in [-0.05, 0) is 41.8 Å². The summed E-state index contributed by atoms with van der Waals surface area (Å²) in [4.78, 5) is 6.27. The van der Waals surface area contributed by atoms with Gasteiger partial charge in [-0.25, -0.2) is 0 Å². The maximum Gasteiger partial charge on any atom is 0.0494 e. The summed E-state index contributed by atoms with van der Waals surface area (Å²) >= 11 is 9.51. The third-order valence-corrected chi connectivity index (χ3v) is 3.87. The Kier molecular flexibility index (Phi) is 5.23. The Bertz CT molecular complexity index is 531. The van der Waals surface area contributed by atoms with Gasteiger partial charge in [-0.3, -0.25) is 4.98 Å². The number of likely N-dealkylation sites (N-methyl/N-ethyl adjacent to an activating group) is 1. The lowest BCUT2D eigenvalue weighted by Crippen LogP contribution is -2.21. The number of aromatic nitrogens is 1. The van der Waals surface area contributed by atoms with Crippen LogP contribution in [0.1, 0.15) is 11.1 Å². The molecule has 2 nitrogen and oxygen atoms in total. The Morgan fingerprint density at radius 3 is 2.63 bits per heavy atom. The molecule has 0 bridgehead atoms. The van der Waals surface area contributed by atoms with Crippen molar-refractivity contribution in [3.8, 4) is 0 Å². The second-order valence-corrected chi connectivity index (χ2v) is 5.62. The molecule has 0 saturated heterocycles. The van der Waals surface area contributed by atoms with Gasteiger partial charge >= 0.3 is 0 Å². The van der Waals surface area contributed by atoms with E-state index in [4.69, 9.17) is 11.6 Å². The second-order valence-electron chi connectivity index (χ2n) is 4.43. The van der Waals surface area contributed by atoms with Crippen LogP contribution in [0, 0.1) is 0 Å². The first-order chi connectivity index (χ1) is 9.20. The van der Waals surface area contributed by atoms with E-state index in [1.54, 1.807) is 0 Å². The van der Waals surface area contributed by atoms with Gasteiger partial charge < -0.3 is 4.90 Å². The van der Waals surface area contributed by atoms with Crippen LogP contribution < -0.4 is 4.90 Å². The zero-order valence-electron chi connectivity index (χ0n) is 10.8. The second kappa shape index (κ2) is 6.92. The van der Waals surface area contributed by atoms with Gasteiger partial charge in [0.2, 0.25) is 0 Å². The predicted octanol–water partition coefficient (Wildman–Crippen LogP) is 4.26. The molecule has 19 heavy (non-hydrogen) atoms. The van der Waals surface area contributed by atoms with Gasteiger partial charge in [0.05, 0.1) is 0 Å². The van der Waals surface area contributed by atoms with Gasteiger partial charge in [0.15, 0.2) is 0 Å². The van der Waals surface area contributed by atoms with Crippen molar-refractivity contribution < 1.29 is 0 Å². The quantitative estimate of drug-likeness (QED) is 0.757. The summed E-state index contributed by atoms with van der Waals surface area (Å²) in [6, 6.07) is 10.3. The van der Waals surface area contributed by atoms with Crippen LogP contribution in [0.15, 0.2) is 47.2 Å². The highest BCUT2D eigenvalue weighted by Gasteiger charge is 2.07. The third kappa shape index (κ3) is 3.95. The molecule has 1 heterocycles. The fourth-order valence-corrected chi connectivity index (χ4v) is 2.55. The molecule has 0 saturated carbocycles. The number of halogens is 2. The predicted molar refractivity (Wildman–Crippen MR) is 84.9 cm³/mol. The summed E-state index contributed by atoms with van der Waals surface area (Å²) in [5, 5.41) is 0. The molecular weight excluding hydrogens is 324 g/mol. The smallest absolute Gasteiger partial charge is 0.0494 e. The van der Waals surface area contributed by atoms with E-state index in [2.05, 4.69) is 57.1 Å². The van der Waals surface area contributed by atoms with E-state index >= 15 is 0 Å². The molecule has 4 heteroatoms. The Balaban J connectivity index is 2.07. The SMILES string of the molecule is CN(CCc1ccncc1)c1cc(Br)ccc1CCl. The Morgan fingerprint density at radius 2 is 1.95 bits per heavy atom. The molecule has 2 aromatic rings. The molecule has 0 radical (unpaired) electrons. The van der Waals surface area contributed by atoms with Crippen LogP contribution in [0.5, 0.6) is 0 Å². The molecule has 0 spiro atoms. The van der Waals surface area contributed by atoms with Crippen molar-refractivity contribution in [2.75, 3.05) is 18.5 Å². The van der Waals surface area contributed by atoms with Crippen molar-refractivity contribution in [3.05, 3.63) is 58.3 Å². The summed E-state index contributed by atoms with van der Waals surface area (Å²) in [7, 11) is 2.10. The summed E-state index contributed by atoms with van der Waals surface area (Å²) < 4.78 is 1.08. The summed E-state index contributed by atoms with van der Waals surface area (Å²) in [6.07, 6.45) is 4.66. The van der Waals surface area contributed by atoms with Crippen molar-refractivity contribution >= 4 is 33.2 Å². The Hall–Kier alpha value is -1.06. The fourth-order valence-electron chi connectivity index (χ4n) is 1.97. The van der Waals surface area contributed by atoms with Gasteiger partial charge in [-0.2, -0.15) is 0 Å². The van der Waals surface area contributed by atoms with Crippen molar-refractivity contribution in [1.29, 1.82) is 0 Å². The van der Waals surface area contributed by atoms with Gasteiger partial charge in [0, 0.05) is 42.0 Å². The van der Waals surface area contributed by atoms with Crippen LogP contribution in [0.25, 0.3) is 0 Å². The lowest BCUT2D eigenvalue weighted by atomic mass is 10.1. The van der Waals surface area contributed by atoms with Crippen LogP contribution in [0.2, 0.25) is 0 Å². The Morgan fingerprint density at radius 1 is 1.21 bits per heavy atom. The minimum Gasteiger partial charge on any atom is -0.374 e. The molecule has 1 aromatic heterocycles. The van der Waals surface area contributed by atoms with Crippen LogP contribution in [-0.2, 0) is 12.3 Å². The number of hydrogen-bond acceptors (Lipinski definition) is 2. The molecule has 0 fully saturated rings. The van der Waals surface area contributed by atoms with Crippen molar-refractivity contribution in [2.24, 2.45) is 0 Å². The van der Waals surface area contributed by atoms with Gasteiger partial charge in [0.25, 0.3) is 0 Å². The topological polar surface area (TPSA) is 16.1 Å². The molecule has 100 valence electrons.